The van der Waals surface area contributed by atoms with Gasteiger partial charge >= 0.3 is 0 Å². The van der Waals surface area contributed by atoms with E-state index < -0.39 is 0 Å². The van der Waals surface area contributed by atoms with Gasteiger partial charge in [-0.1, -0.05) is 35.4 Å². The zero-order valence-electron chi connectivity index (χ0n) is 10.6. The molecule has 0 spiro atoms. The van der Waals surface area contributed by atoms with Crippen molar-refractivity contribution >= 4 is 12.0 Å². The van der Waals surface area contributed by atoms with Crippen molar-refractivity contribution in [2.45, 2.75) is 18.9 Å². The van der Waals surface area contributed by atoms with Crippen molar-refractivity contribution in [1.29, 1.82) is 0 Å². The third kappa shape index (κ3) is 3.86. The summed E-state index contributed by atoms with van der Waals surface area (Å²) in [6.45, 7) is 1.31. The number of hydrogen-bond donors (Lipinski definition) is 0. The Labute approximate surface area is 112 Å². The van der Waals surface area contributed by atoms with Crippen molar-refractivity contribution in [3.63, 3.8) is 0 Å². The summed E-state index contributed by atoms with van der Waals surface area (Å²) in [6.07, 6.45) is 4.91. The van der Waals surface area contributed by atoms with Crippen LogP contribution in [0, 0.1) is 0 Å². The Morgan fingerprint density at radius 2 is 2.00 bits per heavy atom. The monoisotopic (exact) mass is 256 g/mol. The molecule has 5 nitrogen and oxygen atoms in total. The molecule has 1 fully saturated rings. The highest BCUT2D eigenvalue weighted by atomic mass is 16.2. The number of azide groups is 1. The molecule has 0 bridgehead atoms. The molecular weight excluding hydrogens is 240 g/mol. The van der Waals surface area contributed by atoms with E-state index in [9.17, 15) is 4.79 Å². The Bertz CT molecular complexity index is 497. The van der Waals surface area contributed by atoms with Gasteiger partial charge in [-0.15, -0.1) is 0 Å². The molecule has 0 atom stereocenters. The maximum absolute atomic E-state index is 12.0. The molecule has 5 heteroatoms. The molecule has 1 aliphatic rings. The van der Waals surface area contributed by atoms with Crippen LogP contribution in [0.1, 0.15) is 18.4 Å². The van der Waals surface area contributed by atoms with Gasteiger partial charge in [0, 0.05) is 30.1 Å². The number of amides is 1. The van der Waals surface area contributed by atoms with Crippen molar-refractivity contribution in [3.05, 3.63) is 52.4 Å². The average Bonchev–Trinajstić information content (AvgIpc) is 2.47. The van der Waals surface area contributed by atoms with Crippen molar-refractivity contribution in [2.75, 3.05) is 13.1 Å². The van der Waals surface area contributed by atoms with Crippen molar-refractivity contribution in [2.24, 2.45) is 5.11 Å². The molecule has 1 saturated heterocycles. The Morgan fingerprint density at radius 1 is 1.32 bits per heavy atom. The molecule has 1 heterocycles. The number of benzene rings is 1. The highest BCUT2D eigenvalue weighted by molar-refractivity contribution is 5.91. The van der Waals surface area contributed by atoms with E-state index in [1.54, 1.807) is 11.0 Å². The van der Waals surface area contributed by atoms with Gasteiger partial charge in [0.2, 0.25) is 5.91 Å². The number of nitrogens with zero attached hydrogens (tertiary/aromatic N) is 4. The van der Waals surface area contributed by atoms with Gasteiger partial charge in [0.25, 0.3) is 0 Å². The Morgan fingerprint density at radius 3 is 2.63 bits per heavy atom. The predicted octanol–water partition coefficient (Wildman–Crippen LogP) is 3.00. The third-order valence-corrected chi connectivity index (χ3v) is 3.21. The van der Waals surface area contributed by atoms with E-state index in [0.717, 1.165) is 18.4 Å². The summed E-state index contributed by atoms with van der Waals surface area (Å²) in [7, 11) is 0. The molecule has 1 aliphatic heterocycles. The van der Waals surface area contributed by atoms with Crippen LogP contribution in [-0.2, 0) is 4.79 Å². The largest absolute Gasteiger partial charge is 0.339 e. The topological polar surface area (TPSA) is 69.1 Å². The van der Waals surface area contributed by atoms with Crippen LogP contribution in [0.15, 0.2) is 41.5 Å². The Balaban J connectivity index is 1.88. The van der Waals surface area contributed by atoms with E-state index >= 15 is 0 Å². The van der Waals surface area contributed by atoms with Crippen LogP contribution in [0.4, 0.5) is 0 Å². The fourth-order valence-electron chi connectivity index (χ4n) is 2.11. The summed E-state index contributed by atoms with van der Waals surface area (Å²) in [6, 6.07) is 9.77. The lowest BCUT2D eigenvalue weighted by Crippen LogP contribution is -2.38. The van der Waals surface area contributed by atoms with Gasteiger partial charge in [0.1, 0.15) is 0 Å². The van der Waals surface area contributed by atoms with E-state index in [-0.39, 0.29) is 11.9 Å². The highest BCUT2D eigenvalue weighted by Gasteiger charge is 2.20. The zero-order valence-corrected chi connectivity index (χ0v) is 10.6. The lowest BCUT2D eigenvalue weighted by atomic mass is 10.1. The maximum Gasteiger partial charge on any atom is 0.246 e. The van der Waals surface area contributed by atoms with Gasteiger partial charge in [0.15, 0.2) is 0 Å². The second-order valence-corrected chi connectivity index (χ2v) is 4.51. The second kappa shape index (κ2) is 6.61. The first-order valence-corrected chi connectivity index (χ1v) is 6.36. The van der Waals surface area contributed by atoms with Crippen LogP contribution < -0.4 is 0 Å². The molecule has 1 aromatic carbocycles. The van der Waals surface area contributed by atoms with Crippen LogP contribution in [0.2, 0.25) is 0 Å². The first-order valence-electron chi connectivity index (χ1n) is 6.36. The standard InChI is InChI=1S/C14H16N4O/c15-17-16-13-8-10-18(11-9-13)14(19)7-6-12-4-2-1-3-5-12/h1-7,13H,8-11H2/b7-6+. The SMILES string of the molecule is [N-]=[N+]=NC1CCN(C(=O)/C=C/c2ccccc2)CC1. The van der Waals surface area contributed by atoms with E-state index in [4.69, 9.17) is 5.53 Å². The number of hydrogen-bond acceptors (Lipinski definition) is 2. The molecule has 0 unspecified atom stereocenters. The first-order chi connectivity index (χ1) is 9.29. The summed E-state index contributed by atoms with van der Waals surface area (Å²) in [5, 5.41) is 3.70. The molecule has 1 aromatic rings. The molecule has 1 amide bonds. The fourth-order valence-corrected chi connectivity index (χ4v) is 2.11. The Hall–Kier alpha value is -2.26. The summed E-state index contributed by atoms with van der Waals surface area (Å²) in [4.78, 5) is 16.6. The zero-order chi connectivity index (χ0) is 13.5. The minimum absolute atomic E-state index is 0.0169. The first kappa shape index (κ1) is 13.2. The van der Waals surface area contributed by atoms with Gasteiger partial charge in [-0.05, 0) is 30.0 Å². The number of likely N-dealkylation sites (tertiary alicyclic amines) is 1. The van der Waals surface area contributed by atoms with Crippen molar-refractivity contribution < 1.29 is 4.79 Å². The quantitative estimate of drug-likeness (QED) is 0.354. The normalized spacial score (nSPS) is 16.3. The number of rotatable bonds is 3. The van der Waals surface area contributed by atoms with Gasteiger partial charge in [-0.25, -0.2) is 0 Å². The van der Waals surface area contributed by atoms with E-state index in [2.05, 4.69) is 10.0 Å². The highest BCUT2D eigenvalue weighted by Crippen LogP contribution is 2.14. The molecule has 0 saturated carbocycles. The second-order valence-electron chi connectivity index (χ2n) is 4.51. The minimum atomic E-state index is 0.0169. The Kier molecular flexibility index (Phi) is 4.59. The molecule has 0 N–H and O–H groups in total. The molecule has 0 aromatic heterocycles. The third-order valence-electron chi connectivity index (χ3n) is 3.21. The fraction of sp³-hybridized carbons (Fsp3) is 0.357. The van der Waals surface area contributed by atoms with Gasteiger partial charge in [-0.2, -0.15) is 0 Å². The lowest BCUT2D eigenvalue weighted by molar-refractivity contribution is -0.126. The molecule has 2 rings (SSSR count). The number of carbonyl (C=O) groups is 1. The molecule has 19 heavy (non-hydrogen) atoms. The summed E-state index contributed by atoms with van der Waals surface area (Å²) in [5.41, 5.74) is 9.38. The number of carbonyl (C=O) groups excluding carboxylic acids is 1. The van der Waals surface area contributed by atoms with Gasteiger partial charge in [0.05, 0.1) is 0 Å². The van der Waals surface area contributed by atoms with E-state index in [0.29, 0.717) is 13.1 Å². The van der Waals surface area contributed by atoms with E-state index in [1.807, 2.05) is 36.4 Å². The molecule has 98 valence electrons. The molecule has 0 aliphatic carbocycles. The predicted molar refractivity (Wildman–Crippen MR) is 74.2 cm³/mol. The summed E-state index contributed by atoms with van der Waals surface area (Å²) < 4.78 is 0. The maximum atomic E-state index is 12.0. The minimum Gasteiger partial charge on any atom is -0.339 e. The molecule has 0 radical (unpaired) electrons. The summed E-state index contributed by atoms with van der Waals surface area (Å²) in [5.74, 6) is 0.0169. The van der Waals surface area contributed by atoms with Gasteiger partial charge in [-0.3, -0.25) is 4.79 Å². The lowest BCUT2D eigenvalue weighted by Gasteiger charge is -2.29. The van der Waals surface area contributed by atoms with Crippen LogP contribution >= 0.6 is 0 Å². The van der Waals surface area contributed by atoms with E-state index in [1.165, 1.54) is 0 Å². The van der Waals surface area contributed by atoms with Crippen molar-refractivity contribution in [1.82, 2.24) is 4.90 Å². The summed E-state index contributed by atoms with van der Waals surface area (Å²) >= 11 is 0. The van der Waals surface area contributed by atoms with Crippen LogP contribution in [0.25, 0.3) is 16.5 Å². The van der Waals surface area contributed by atoms with Crippen LogP contribution in [-0.4, -0.2) is 29.9 Å². The average molecular weight is 256 g/mol. The van der Waals surface area contributed by atoms with Gasteiger partial charge < -0.3 is 4.90 Å². The smallest absolute Gasteiger partial charge is 0.246 e. The van der Waals surface area contributed by atoms with Crippen LogP contribution in [0.5, 0.6) is 0 Å². The van der Waals surface area contributed by atoms with Crippen LogP contribution in [0.3, 0.4) is 0 Å². The number of piperidine rings is 1. The van der Waals surface area contributed by atoms with Crippen molar-refractivity contribution in [3.8, 4) is 0 Å². The molecular formula is C14H16N4O.